The van der Waals surface area contributed by atoms with E-state index in [1.807, 2.05) is 0 Å². The van der Waals surface area contributed by atoms with Crippen molar-refractivity contribution < 1.29 is 24.2 Å². The summed E-state index contributed by atoms with van der Waals surface area (Å²) in [4.78, 5) is 30.5. The number of halogens is 2. The summed E-state index contributed by atoms with van der Waals surface area (Å²) in [6, 6.07) is 4.57. The maximum absolute atomic E-state index is 11.1. The molecule has 1 aliphatic rings. The van der Waals surface area contributed by atoms with Crippen LogP contribution in [0.4, 0.5) is 5.69 Å². The van der Waals surface area contributed by atoms with Crippen LogP contribution in [0.25, 0.3) is 0 Å². The third-order valence-corrected chi connectivity index (χ3v) is 2.92. The first kappa shape index (κ1) is 26.1. The lowest BCUT2D eigenvalue weighted by molar-refractivity contribution is -0.126. The molecule has 0 saturated heterocycles. The molecule has 4 N–H and O–H groups in total. The van der Waals surface area contributed by atoms with Crippen LogP contribution in [0.3, 0.4) is 0 Å². The number of nitrogens with two attached hydrogens (primary N) is 1. The Kier molecular flexibility index (Phi) is 17.8. The van der Waals surface area contributed by atoms with Crippen molar-refractivity contribution in [3.05, 3.63) is 40.4 Å². The molecule has 2 rings (SSSR count). The number of hydrogen-bond acceptors (Lipinski definition) is 5. The van der Waals surface area contributed by atoms with E-state index in [-0.39, 0.29) is 6.42 Å². The topological polar surface area (TPSA) is 119 Å². The Morgan fingerprint density at radius 1 is 1.19 bits per heavy atom. The molecule has 0 bridgehead atoms. The fourth-order valence-electron chi connectivity index (χ4n) is 1.58. The number of amides is 2. The number of nitrogens with one attached hydrogen (secondary N) is 1. The quantitative estimate of drug-likeness (QED) is 0.403. The van der Waals surface area contributed by atoms with Crippen molar-refractivity contribution in [1.82, 2.24) is 0 Å². The van der Waals surface area contributed by atoms with E-state index in [1.165, 1.54) is 44.6 Å². The number of anilines is 1. The normalized spacial score (nSPS) is 10.7. The highest BCUT2D eigenvalue weighted by Crippen LogP contribution is 2.22. The minimum atomic E-state index is -0.694. The molecule has 0 aliphatic heterocycles. The van der Waals surface area contributed by atoms with Gasteiger partial charge in [0, 0.05) is 22.8 Å². The molecule has 0 spiro atoms. The van der Waals surface area contributed by atoms with E-state index in [0.29, 0.717) is 22.2 Å². The third kappa shape index (κ3) is 16.8. The van der Waals surface area contributed by atoms with Crippen molar-refractivity contribution in [3.8, 4) is 0 Å². The molecule has 7 nitrogen and oxygen atoms in total. The fraction of sp³-hybridized carbons (Fsp3) is 0.353. The van der Waals surface area contributed by atoms with E-state index in [9.17, 15) is 9.59 Å². The highest BCUT2D eigenvalue weighted by molar-refractivity contribution is 6.35. The SMILES string of the molecule is C1=CCCC1.CO.COC=O.NC(=O)CC(=O)Nc1cc(Cl)cc(Cl)c1. The van der Waals surface area contributed by atoms with Crippen LogP contribution in [0, 0.1) is 0 Å². The lowest BCUT2D eigenvalue weighted by Gasteiger charge is -2.04. The maximum atomic E-state index is 11.1. The molecule has 0 unspecified atom stereocenters. The van der Waals surface area contributed by atoms with E-state index < -0.39 is 11.8 Å². The minimum Gasteiger partial charge on any atom is -0.471 e. The number of methoxy groups -OCH3 is 1. The van der Waals surface area contributed by atoms with Crippen LogP contribution in [-0.4, -0.2) is 37.6 Å². The van der Waals surface area contributed by atoms with Gasteiger partial charge in [0.2, 0.25) is 11.8 Å². The van der Waals surface area contributed by atoms with E-state index >= 15 is 0 Å². The second kappa shape index (κ2) is 17.7. The number of carbonyl (C=O) groups excluding carboxylic acids is 3. The van der Waals surface area contributed by atoms with E-state index in [2.05, 4.69) is 22.2 Å². The molecule has 1 aromatic rings. The van der Waals surface area contributed by atoms with Crippen LogP contribution in [0.1, 0.15) is 25.7 Å². The molecule has 1 aromatic carbocycles. The van der Waals surface area contributed by atoms with Crippen LogP contribution >= 0.6 is 23.2 Å². The summed E-state index contributed by atoms with van der Waals surface area (Å²) in [6.07, 6.45) is 8.13. The van der Waals surface area contributed by atoms with Crippen molar-refractivity contribution in [2.45, 2.75) is 25.7 Å². The highest BCUT2D eigenvalue weighted by atomic mass is 35.5. The predicted octanol–water partition coefficient (Wildman–Crippen LogP) is 2.93. The van der Waals surface area contributed by atoms with Crippen LogP contribution in [0.15, 0.2) is 30.4 Å². The summed E-state index contributed by atoms with van der Waals surface area (Å²) in [5.41, 5.74) is 5.28. The number of ether oxygens (including phenoxy) is 1. The van der Waals surface area contributed by atoms with Gasteiger partial charge in [-0.1, -0.05) is 35.4 Å². The number of allylic oxidation sites excluding steroid dienone is 2. The summed E-state index contributed by atoms with van der Waals surface area (Å²) in [5, 5.41) is 10.2. The van der Waals surface area contributed by atoms with Gasteiger partial charge in [0.15, 0.2) is 0 Å². The molecule has 0 heterocycles. The lowest BCUT2D eigenvalue weighted by atomic mass is 10.3. The van der Waals surface area contributed by atoms with Crippen LogP contribution in [0.2, 0.25) is 10.0 Å². The van der Waals surface area contributed by atoms with Gasteiger partial charge in [-0.25, -0.2) is 0 Å². The van der Waals surface area contributed by atoms with Gasteiger partial charge in [-0.2, -0.15) is 0 Å². The smallest absolute Gasteiger partial charge is 0.292 e. The number of rotatable bonds is 4. The summed E-state index contributed by atoms with van der Waals surface area (Å²) in [6.45, 7) is 0.375. The minimum absolute atomic E-state index is 0.371. The molecular weight excluding hydrogens is 383 g/mol. The maximum Gasteiger partial charge on any atom is 0.292 e. The Balaban J connectivity index is 0. The first-order valence-corrected chi connectivity index (χ1v) is 8.25. The molecule has 0 aromatic heterocycles. The van der Waals surface area contributed by atoms with Crippen LogP contribution < -0.4 is 11.1 Å². The van der Waals surface area contributed by atoms with Gasteiger partial charge >= 0.3 is 0 Å². The van der Waals surface area contributed by atoms with Gasteiger partial charge in [-0.3, -0.25) is 14.4 Å². The van der Waals surface area contributed by atoms with Gasteiger partial charge in [0.25, 0.3) is 6.47 Å². The Morgan fingerprint density at radius 3 is 1.96 bits per heavy atom. The third-order valence-electron chi connectivity index (χ3n) is 2.49. The van der Waals surface area contributed by atoms with E-state index in [1.54, 1.807) is 0 Å². The lowest BCUT2D eigenvalue weighted by Crippen LogP contribution is -2.21. The average Bonchev–Trinajstić information content (AvgIpc) is 3.15. The molecule has 0 saturated carbocycles. The molecule has 146 valence electrons. The number of aliphatic hydroxyl groups is 1. The second-order valence-electron chi connectivity index (χ2n) is 4.58. The zero-order valence-electron chi connectivity index (χ0n) is 14.7. The van der Waals surface area contributed by atoms with E-state index in [4.69, 9.17) is 38.8 Å². The monoisotopic (exact) mass is 406 g/mol. The Labute approximate surface area is 163 Å². The molecule has 26 heavy (non-hydrogen) atoms. The molecule has 2 amide bonds. The Morgan fingerprint density at radius 2 is 1.65 bits per heavy atom. The van der Waals surface area contributed by atoms with Crippen molar-refractivity contribution in [1.29, 1.82) is 0 Å². The van der Waals surface area contributed by atoms with Crippen molar-refractivity contribution in [2.75, 3.05) is 19.5 Å². The Bertz CT molecular complexity index is 554. The zero-order valence-corrected chi connectivity index (χ0v) is 16.2. The molecular formula is C17H24Cl2N2O5. The number of carbonyl (C=O) groups is 3. The van der Waals surface area contributed by atoms with Crippen LogP contribution in [-0.2, 0) is 19.1 Å². The molecule has 0 atom stereocenters. The van der Waals surface area contributed by atoms with Gasteiger partial charge in [-0.05, 0) is 37.5 Å². The molecule has 1 aliphatic carbocycles. The van der Waals surface area contributed by atoms with Gasteiger partial charge < -0.3 is 20.9 Å². The first-order valence-electron chi connectivity index (χ1n) is 7.49. The predicted molar refractivity (Wildman–Crippen MR) is 103 cm³/mol. The standard InChI is InChI=1S/C9H8Cl2N2O2.C5H8.C2H4O2.CH4O/c10-5-1-6(11)3-7(2-5)13-9(15)4-8(12)14;1-2-4-5-3-1;1-4-2-3;1-2/h1-3H,4H2,(H2,12,14)(H,13,15);1-2H,3-5H2;2H,1H3;2H,1H3. The highest BCUT2D eigenvalue weighted by Gasteiger charge is 2.07. The number of aliphatic hydroxyl groups excluding tert-OH is 1. The molecule has 0 fully saturated rings. The van der Waals surface area contributed by atoms with Gasteiger partial charge in [0.05, 0.1) is 7.11 Å². The fourth-order valence-corrected chi connectivity index (χ4v) is 2.10. The van der Waals surface area contributed by atoms with Gasteiger partial charge in [-0.15, -0.1) is 0 Å². The number of benzene rings is 1. The largest absolute Gasteiger partial charge is 0.471 e. The van der Waals surface area contributed by atoms with Crippen molar-refractivity contribution >= 4 is 47.2 Å². The molecule has 0 radical (unpaired) electrons. The zero-order chi connectivity index (χ0) is 20.4. The van der Waals surface area contributed by atoms with Crippen molar-refractivity contribution in [3.63, 3.8) is 0 Å². The van der Waals surface area contributed by atoms with Gasteiger partial charge in [0.1, 0.15) is 6.42 Å². The summed E-state index contributed by atoms with van der Waals surface area (Å²) in [7, 11) is 2.31. The summed E-state index contributed by atoms with van der Waals surface area (Å²) >= 11 is 11.4. The average molecular weight is 407 g/mol. The number of hydrogen-bond donors (Lipinski definition) is 3. The van der Waals surface area contributed by atoms with Crippen LogP contribution in [0.5, 0.6) is 0 Å². The van der Waals surface area contributed by atoms with E-state index in [0.717, 1.165) is 7.11 Å². The summed E-state index contributed by atoms with van der Waals surface area (Å²) in [5.74, 6) is -1.19. The van der Waals surface area contributed by atoms with Crippen molar-refractivity contribution in [2.24, 2.45) is 5.73 Å². The second-order valence-corrected chi connectivity index (χ2v) is 5.46. The first-order chi connectivity index (χ1) is 12.4. The molecule has 9 heteroatoms. The Hall–Kier alpha value is -2.09. The number of primary amides is 1. The summed E-state index contributed by atoms with van der Waals surface area (Å²) < 4.78 is 3.86.